The quantitative estimate of drug-likeness (QED) is 0.766. The van der Waals surface area contributed by atoms with E-state index in [1.165, 1.54) is 25.1 Å². The Labute approximate surface area is 122 Å². The Kier molecular flexibility index (Phi) is 4.82. The Balaban J connectivity index is 1.93. The molecule has 0 N–H and O–H groups in total. The van der Waals surface area contributed by atoms with Crippen molar-refractivity contribution < 1.29 is 18.7 Å². The summed E-state index contributed by atoms with van der Waals surface area (Å²) in [6, 6.07) is 12.5. The molecule has 0 atom stereocenters. The van der Waals surface area contributed by atoms with Gasteiger partial charge in [-0.15, -0.1) is 0 Å². The van der Waals surface area contributed by atoms with Crippen LogP contribution >= 0.6 is 0 Å². The van der Waals surface area contributed by atoms with Gasteiger partial charge in [-0.2, -0.15) is 0 Å². The van der Waals surface area contributed by atoms with Crippen molar-refractivity contribution in [3.8, 4) is 5.75 Å². The number of carbonyl (C=O) groups excluding carboxylic acids is 2. The molecule has 0 fully saturated rings. The maximum atomic E-state index is 13.0. The highest BCUT2D eigenvalue weighted by atomic mass is 19.1. The van der Waals surface area contributed by atoms with Crippen molar-refractivity contribution in [3.05, 3.63) is 65.5 Å². The zero-order valence-electron chi connectivity index (χ0n) is 11.6. The van der Waals surface area contributed by atoms with E-state index in [4.69, 9.17) is 4.74 Å². The first-order valence-corrected chi connectivity index (χ1v) is 6.54. The molecule has 3 nitrogen and oxygen atoms in total. The molecule has 0 aromatic heterocycles. The van der Waals surface area contributed by atoms with Gasteiger partial charge in [-0.1, -0.05) is 24.3 Å². The first-order valence-electron chi connectivity index (χ1n) is 6.54. The minimum atomic E-state index is -0.450. The van der Waals surface area contributed by atoms with E-state index in [-0.39, 0.29) is 23.7 Å². The molecule has 0 spiro atoms. The van der Waals surface area contributed by atoms with Crippen molar-refractivity contribution in [1.82, 2.24) is 0 Å². The molecule has 108 valence electrons. The van der Waals surface area contributed by atoms with Crippen molar-refractivity contribution in [2.75, 3.05) is 6.61 Å². The number of benzene rings is 2. The largest absolute Gasteiger partial charge is 0.485 e. The second-order valence-electron chi connectivity index (χ2n) is 4.74. The van der Waals surface area contributed by atoms with Crippen LogP contribution in [-0.2, 0) is 11.2 Å². The van der Waals surface area contributed by atoms with E-state index in [1.807, 2.05) is 0 Å². The molecule has 2 rings (SSSR count). The predicted molar refractivity (Wildman–Crippen MR) is 77.1 cm³/mol. The number of Topliss-reactive ketones (excluding diaryl/α,β-unsaturated/α-hetero) is 2. The Hall–Kier alpha value is -2.49. The molecule has 0 amide bonds. The van der Waals surface area contributed by atoms with E-state index >= 15 is 0 Å². The molecule has 0 aliphatic carbocycles. The summed E-state index contributed by atoms with van der Waals surface area (Å²) in [6.07, 6.45) is 0.377. The molecular formula is C17H15FO3. The lowest BCUT2D eigenvalue weighted by molar-refractivity contribution is -0.116. The van der Waals surface area contributed by atoms with Gasteiger partial charge in [0.05, 0.1) is 0 Å². The van der Waals surface area contributed by atoms with Crippen molar-refractivity contribution in [3.63, 3.8) is 0 Å². The Morgan fingerprint density at radius 3 is 2.43 bits per heavy atom. The third kappa shape index (κ3) is 4.53. The minimum absolute atomic E-state index is 0.0879. The van der Waals surface area contributed by atoms with E-state index in [9.17, 15) is 14.0 Å². The molecule has 0 unspecified atom stereocenters. The summed E-state index contributed by atoms with van der Waals surface area (Å²) in [5, 5.41) is 0. The summed E-state index contributed by atoms with van der Waals surface area (Å²) in [6.45, 7) is 1.37. The summed E-state index contributed by atoms with van der Waals surface area (Å²) in [4.78, 5) is 22.8. The summed E-state index contributed by atoms with van der Waals surface area (Å²) in [5.41, 5.74) is 1.18. The highest BCUT2D eigenvalue weighted by Gasteiger charge is 2.08. The maximum Gasteiger partial charge on any atom is 0.200 e. The second kappa shape index (κ2) is 6.79. The van der Waals surface area contributed by atoms with E-state index in [0.717, 1.165) is 5.56 Å². The van der Waals surface area contributed by atoms with E-state index < -0.39 is 5.82 Å². The average Bonchev–Trinajstić information content (AvgIpc) is 2.45. The lowest BCUT2D eigenvalue weighted by Gasteiger charge is -2.06. The molecule has 0 radical (unpaired) electrons. The standard InChI is InChI=1S/C17H15FO3/c1-12(19)9-13-5-7-16(8-6-13)21-11-17(20)14-3-2-4-15(18)10-14/h2-8,10H,9,11H2,1H3. The number of carbonyl (C=O) groups is 2. The lowest BCUT2D eigenvalue weighted by atomic mass is 10.1. The van der Waals surface area contributed by atoms with Gasteiger partial charge in [0.25, 0.3) is 0 Å². The third-order valence-corrected chi connectivity index (χ3v) is 2.89. The van der Waals surface area contributed by atoms with Gasteiger partial charge in [0, 0.05) is 12.0 Å². The van der Waals surface area contributed by atoms with Crippen molar-refractivity contribution in [1.29, 1.82) is 0 Å². The van der Waals surface area contributed by atoms with Crippen LogP contribution < -0.4 is 4.74 Å². The topological polar surface area (TPSA) is 43.4 Å². The van der Waals surface area contributed by atoms with Gasteiger partial charge < -0.3 is 4.74 Å². The first kappa shape index (κ1) is 14.9. The average molecular weight is 286 g/mol. The van der Waals surface area contributed by atoms with E-state index in [2.05, 4.69) is 0 Å². The Morgan fingerprint density at radius 1 is 1.10 bits per heavy atom. The van der Waals surface area contributed by atoms with Crippen LogP contribution in [0.5, 0.6) is 5.75 Å². The smallest absolute Gasteiger partial charge is 0.200 e. The second-order valence-corrected chi connectivity index (χ2v) is 4.74. The van der Waals surface area contributed by atoms with Crippen LogP contribution in [0.25, 0.3) is 0 Å². The van der Waals surface area contributed by atoms with E-state index in [0.29, 0.717) is 12.2 Å². The Bertz CT molecular complexity index is 647. The van der Waals surface area contributed by atoms with Gasteiger partial charge in [-0.05, 0) is 36.8 Å². The van der Waals surface area contributed by atoms with E-state index in [1.54, 1.807) is 30.3 Å². The molecule has 0 bridgehead atoms. The fraction of sp³-hybridized carbons (Fsp3) is 0.176. The SMILES string of the molecule is CC(=O)Cc1ccc(OCC(=O)c2cccc(F)c2)cc1. The highest BCUT2D eigenvalue weighted by molar-refractivity contribution is 5.97. The van der Waals surface area contributed by atoms with Crippen molar-refractivity contribution in [2.45, 2.75) is 13.3 Å². The molecule has 4 heteroatoms. The number of ether oxygens (including phenoxy) is 1. The molecule has 0 aliphatic rings. The number of hydrogen-bond donors (Lipinski definition) is 0. The van der Waals surface area contributed by atoms with Crippen LogP contribution in [0.1, 0.15) is 22.8 Å². The van der Waals surface area contributed by atoms with Crippen LogP contribution in [0.4, 0.5) is 4.39 Å². The molecule has 0 heterocycles. The predicted octanol–water partition coefficient (Wildman–Crippen LogP) is 3.22. The maximum absolute atomic E-state index is 13.0. The number of rotatable bonds is 6. The fourth-order valence-corrected chi connectivity index (χ4v) is 1.89. The monoisotopic (exact) mass is 286 g/mol. The van der Waals surface area contributed by atoms with Gasteiger partial charge in [-0.25, -0.2) is 4.39 Å². The molecule has 0 saturated carbocycles. The molecular weight excluding hydrogens is 271 g/mol. The normalized spacial score (nSPS) is 10.2. The van der Waals surface area contributed by atoms with Gasteiger partial charge in [0.2, 0.25) is 0 Å². The van der Waals surface area contributed by atoms with Crippen LogP contribution in [0.3, 0.4) is 0 Å². The zero-order chi connectivity index (χ0) is 15.2. The summed E-state index contributed by atoms with van der Waals surface area (Å²) < 4.78 is 18.4. The molecule has 2 aromatic carbocycles. The number of hydrogen-bond acceptors (Lipinski definition) is 3. The third-order valence-electron chi connectivity index (χ3n) is 2.89. The van der Waals surface area contributed by atoms with Gasteiger partial charge in [0.15, 0.2) is 12.4 Å². The van der Waals surface area contributed by atoms with Gasteiger partial charge in [-0.3, -0.25) is 9.59 Å². The van der Waals surface area contributed by atoms with Gasteiger partial charge >= 0.3 is 0 Å². The number of halogens is 1. The molecule has 2 aromatic rings. The zero-order valence-corrected chi connectivity index (χ0v) is 11.6. The van der Waals surface area contributed by atoms with Crippen molar-refractivity contribution in [2.24, 2.45) is 0 Å². The van der Waals surface area contributed by atoms with Crippen molar-refractivity contribution >= 4 is 11.6 Å². The molecule has 21 heavy (non-hydrogen) atoms. The summed E-state index contributed by atoms with van der Waals surface area (Å²) in [5.74, 6) is -0.117. The summed E-state index contributed by atoms with van der Waals surface area (Å²) in [7, 11) is 0. The molecule has 0 aliphatic heterocycles. The van der Waals surface area contributed by atoms with Crippen LogP contribution in [0, 0.1) is 5.82 Å². The van der Waals surface area contributed by atoms with Crippen LogP contribution in [0.15, 0.2) is 48.5 Å². The number of ketones is 2. The first-order chi connectivity index (χ1) is 10.0. The highest BCUT2D eigenvalue weighted by Crippen LogP contribution is 2.13. The van der Waals surface area contributed by atoms with Crippen LogP contribution in [0.2, 0.25) is 0 Å². The summed E-state index contributed by atoms with van der Waals surface area (Å²) >= 11 is 0. The van der Waals surface area contributed by atoms with Gasteiger partial charge in [0.1, 0.15) is 17.3 Å². The minimum Gasteiger partial charge on any atom is -0.485 e. The lowest BCUT2D eigenvalue weighted by Crippen LogP contribution is -2.11. The van der Waals surface area contributed by atoms with Crippen LogP contribution in [-0.4, -0.2) is 18.2 Å². The Morgan fingerprint density at radius 2 is 1.81 bits per heavy atom. The fourth-order valence-electron chi connectivity index (χ4n) is 1.89. The molecule has 0 saturated heterocycles.